The highest BCUT2D eigenvalue weighted by atomic mass is 15.2. The number of hydrogen-bond donors (Lipinski definition) is 1. The van der Waals surface area contributed by atoms with Crippen molar-refractivity contribution in [1.82, 2.24) is 10.3 Å². The number of rotatable bonds is 9. The summed E-state index contributed by atoms with van der Waals surface area (Å²) in [4.78, 5) is 7.14. The van der Waals surface area contributed by atoms with E-state index in [-0.39, 0.29) is 0 Å². The summed E-state index contributed by atoms with van der Waals surface area (Å²) in [5.41, 5.74) is 2.38. The summed E-state index contributed by atoms with van der Waals surface area (Å²) in [5, 5.41) is 3.56. The highest BCUT2D eigenvalue weighted by Gasteiger charge is 2.14. The van der Waals surface area contributed by atoms with Gasteiger partial charge in [-0.1, -0.05) is 27.7 Å². The minimum absolute atomic E-state index is 0.372. The topological polar surface area (TPSA) is 28.2 Å². The van der Waals surface area contributed by atoms with Crippen LogP contribution >= 0.6 is 0 Å². The highest BCUT2D eigenvalue weighted by molar-refractivity contribution is 5.45. The summed E-state index contributed by atoms with van der Waals surface area (Å²) >= 11 is 0. The van der Waals surface area contributed by atoms with Crippen molar-refractivity contribution in [2.24, 2.45) is 5.92 Å². The van der Waals surface area contributed by atoms with E-state index in [1.54, 1.807) is 0 Å². The Bertz CT molecular complexity index is 384. The van der Waals surface area contributed by atoms with E-state index in [9.17, 15) is 0 Å². The van der Waals surface area contributed by atoms with Gasteiger partial charge in [-0.3, -0.25) is 4.98 Å². The first-order chi connectivity index (χ1) is 9.99. The first kappa shape index (κ1) is 18.0. The Kier molecular flexibility index (Phi) is 7.73. The molecule has 0 spiro atoms. The summed E-state index contributed by atoms with van der Waals surface area (Å²) in [7, 11) is 0. The van der Waals surface area contributed by atoms with Crippen LogP contribution in [-0.2, 0) is 0 Å². The lowest BCUT2D eigenvalue weighted by Crippen LogP contribution is -2.34. The molecule has 0 radical (unpaired) electrons. The Morgan fingerprint density at radius 1 is 1.14 bits per heavy atom. The van der Waals surface area contributed by atoms with Crippen molar-refractivity contribution in [3.05, 3.63) is 24.0 Å². The van der Waals surface area contributed by atoms with Gasteiger partial charge in [0.1, 0.15) is 0 Å². The molecule has 1 aromatic heterocycles. The average molecular weight is 291 g/mol. The summed E-state index contributed by atoms with van der Waals surface area (Å²) < 4.78 is 0. The Morgan fingerprint density at radius 2 is 1.86 bits per heavy atom. The van der Waals surface area contributed by atoms with E-state index in [4.69, 9.17) is 4.98 Å². The van der Waals surface area contributed by atoms with Crippen LogP contribution < -0.4 is 10.2 Å². The monoisotopic (exact) mass is 291 g/mol. The molecular formula is C18H33N3. The maximum atomic E-state index is 4.71. The number of anilines is 1. The molecule has 0 aliphatic carbocycles. The molecular weight excluding hydrogens is 258 g/mol. The lowest BCUT2D eigenvalue weighted by atomic mass is 10.1. The molecule has 1 heterocycles. The van der Waals surface area contributed by atoms with Crippen LogP contribution in [0.25, 0.3) is 0 Å². The third-order valence-electron chi connectivity index (χ3n) is 3.69. The Balaban J connectivity index is 2.83. The number of nitrogens with one attached hydrogen (secondary N) is 1. The zero-order valence-electron chi connectivity index (χ0n) is 14.7. The molecule has 3 heteroatoms. The van der Waals surface area contributed by atoms with Gasteiger partial charge in [0.25, 0.3) is 0 Å². The van der Waals surface area contributed by atoms with Crippen LogP contribution in [0.15, 0.2) is 18.3 Å². The van der Waals surface area contributed by atoms with E-state index >= 15 is 0 Å². The number of aromatic nitrogens is 1. The first-order valence-electron chi connectivity index (χ1n) is 8.45. The van der Waals surface area contributed by atoms with E-state index in [0.717, 1.165) is 31.6 Å². The summed E-state index contributed by atoms with van der Waals surface area (Å²) in [6.07, 6.45) is 4.27. The van der Waals surface area contributed by atoms with Gasteiger partial charge in [-0.15, -0.1) is 0 Å². The van der Waals surface area contributed by atoms with Crippen molar-refractivity contribution < 1.29 is 0 Å². The van der Waals surface area contributed by atoms with E-state index in [0.29, 0.717) is 18.0 Å². The molecule has 0 bridgehead atoms. The smallest absolute Gasteiger partial charge is 0.0574 e. The van der Waals surface area contributed by atoms with Crippen LogP contribution in [0.4, 0.5) is 5.69 Å². The van der Waals surface area contributed by atoms with Gasteiger partial charge in [0.2, 0.25) is 0 Å². The summed E-state index contributed by atoms with van der Waals surface area (Å²) in [5.74, 6) is 0.654. The SMILES string of the molecule is CCCNC(CC)c1ccc(N(CC(C)C)C(C)C)cn1. The molecule has 0 aliphatic heterocycles. The molecule has 120 valence electrons. The van der Waals surface area contributed by atoms with Crippen LogP contribution in [0.1, 0.15) is 66.1 Å². The fourth-order valence-electron chi connectivity index (χ4n) is 2.56. The van der Waals surface area contributed by atoms with Crippen LogP contribution in [-0.4, -0.2) is 24.1 Å². The third kappa shape index (κ3) is 5.66. The van der Waals surface area contributed by atoms with Crippen molar-refractivity contribution >= 4 is 5.69 Å². The van der Waals surface area contributed by atoms with E-state index in [1.807, 2.05) is 6.20 Å². The molecule has 1 aromatic rings. The molecule has 1 N–H and O–H groups in total. The van der Waals surface area contributed by atoms with Gasteiger partial charge in [0.05, 0.1) is 17.6 Å². The Morgan fingerprint density at radius 3 is 2.29 bits per heavy atom. The number of hydrogen-bond acceptors (Lipinski definition) is 3. The van der Waals surface area contributed by atoms with E-state index in [2.05, 4.69) is 63.9 Å². The van der Waals surface area contributed by atoms with Gasteiger partial charge >= 0.3 is 0 Å². The summed E-state index contributed by atoms with van der Waals surface area (Å²) in [6, 6.07) is 5.28. The van der Waals surface area contributed by atoms with Crippen LogP contribution in [0.3, 0.4) is 0 Å². The second kappa shape index (κ2) is 9.04. The Labute approximate surface area is 131 Å². The third-order valence-corrected chi connectivity index (χ3v) is 3.69. The van der Waals surface area contributed by atoms with E-state index in [1.165, 1.54) is 5.69 Å². The minimum atomic E-state index is 0.372. The molecule has 0 fully saturated rings. The highest BCUT2D eigenvalue weighted by Crippen LogP contribution is 2.21. The lowest BCUT2D eigenvalue weighted by molar-refractivity contribution is 0.507. The zero-order chi connectivity index (χ0) is 15.8. The van der Waals surface area contributed by atoms with E-state index < -0.39 is 0 Å². The molecule has 1 atom stereocenters. The first-order valence-corrected chi connectivity index (χ1v) is 8.45. The fourth-order valence-corrected chi connectivity index (χ4v) is 2.56. The van der Waals surface area contributed by atoms with Crippen molar-refractivity contribution in [1.29, 1.82) is 0 Å². The normalized spacial score (nSPS) is 13.0. The average Bonchev–Trinajstić information content (AvgIpc) is 2.46. The predicted octanol–water partition coefficient (Wildman–Crippen LogP) is 4.40. The van der Waals surface area contributed by atoms with Gasteiger partial charge in [-0.05, 0) is 51.3 Å². The van der Waals surface area contributed by atoms with Gasteiger partial charge in [0.15, 0.2) is 0 Å². The molecule has 0 saturated carbocycles. The summed E-state index contributed by atoms with van der Waals surface area (Å²) in [6.45, 7) is 15.5. The predicted molar refractivity (Wildman–Crippen MR) is 92.9 cm³/mol. The van der Waals surface area contributed by atoms with Crippen molar-refractivity contribution in [2.75, 3.05) is 18.0 Å². The van der Waals surface area contributed by atoms with Gasteiger partial charge < -0.3 is 10.2 Å². The van der Waals surface area contributed by atoms with Crippen molar-refractivity contribution in [3.63, 3.8) is 0 Å². The molecule has 0 saturated heterocycles. The second-order valence-corrected chi connectivity index (χ2v) is 6.50. The maximum Gasteiger partial charge on any atom is 0.0574 e. The van der Waals surface area contributed by atoms with Crippen LogP contribution in [0.2, 0.25) is 0 Å². The lowest BCUT2D eigenvalue weighted by Gasteiger charge is -2.30. The quantitative estimate of drug-likeness (QED) is 0.731. The molecule has 0 amide bonds. The fraction of sp³-hybridized carbons (Fsp3) is 0.722. The zero-order valence-corrected chi connectivity index (χ0v) is 14.7. The molecule has 1 unspecified atom stereocenters. The van der Waals surface area contributed by atoms with Crippen molar-refractivity contribution in [2.45, 2.75) is 66.5 Å². The maximum absolute atomic E-state index is 4.71. The number of nitrogens with zero attached hydrogens (tertiary/aromatic N) is 2. The van der Waals surface area contributed by atoms with Crippen molar-refractivity contribution in [3.8, 4) is 0 Å². The second-order valence-electron chi connectivity index (χ2n) is 6.50. The van der Waals surface area contributed by atoms with Crippen LogP contribution in [0.5, 0.6) is 0 Å². The van der Waals surface area contributed by atoms with Crippen LogP contribution in [0, 0.1) is 5.92 Å². The van der Waals surface area contributed by atoms with Gasteiger partial charge in [0, 0.05) is 18.6 Å². The molecule has 0 aliphatic rings. The molecule has 21 heavy (non-hydrogen) atoms. The Hall–Kier alpha value is -1.09. The standard InChI is InChI=1S/C18H33N3/c1-7-11-19-17(8-2)18-10-9-16(12-20-18)21(15(5)6)13-14(3)4/h9-10,12,14-15,17,19H,7-8,11,13H2,1-6H3. The largest absolute Gasteiger partial charge is 0.368 e. The minimum Gasteiger partial charge on any atom is -0.368 e. The molecule has 3 nitrogen and oxygen atoms in total. The molecule has 1 rings (SSSR count). The molecule has 0 aromatic carbocycles. The number of pyridine rings is 1. The van der Waals surface area contributed by atoms with Gasteiger partial charge in [-0.2, -0.15) is 0 Å². The van der Waals surface area contributed by atoms with Gasteiger partial charge in [-0.25, -0.2) is 0 Å².